The molecule has 0 aromatic heterocycles. The summed E-state index contributed by atoms with van der Waals surface area (Å²) < 4.78 is 5.66. The van der Waals surface area contributed by atoms with Gasteiger partial charge in [0.25, 0.3) is 0 Å². The van der Waals surface area contributed by atoms with E-state index < -0.39 is 6.10 Å². The van der Waals surface area contributed by atoms with Crippen LogP contribution < -0.4 is 4.74 Å². The Morgan fingerprint density at radius 2 is 1.62 bits per heavy atom. The van der Waals surface area contributed by atoms with E-state index in [0.29, 0.717) is 19.1 Å². The van der Waals surface area contributed by atoms with Gasteiger partial charge in [0, 0.05) is 19.6 Å². The summed E-state index contributed by atoms with van der Waals surface area (Å²) in [7, 11) is 0. The number of aryl methyl sites for hydroxylation is 1. The van der Waals surface area contributed by atoms with Crippen LogP contribution in [0.3, 0.4) is 0 Å². The lowest BCUT2D eigenvalue weighted by Gasteiger charge is -2.27. The van der Waals surface area contributed by atoms with E-state index in [1.54, 1.807) is 0 Å². The monoisotopic (exact) mass is 327 g/mol. The van der Waals surface area contributed by atoms with Crippen molar-refractivity contribution >= 4 is 0 Å². The molecule has 24 heavy (non-hydrogen) atoms. The van der Waals surface area contributed by atoms with Crippen LogP contribution in [0, 0.1) is 12.8 Å². The maximum Gasteiger partial charge on any atom is 0.119 e. The molecule has 0 saturated carbocycles. The van der Waals surface area contributed by atoms with Crippen molar-refractivity contribution in [3.05, 3.63) is 65.7 Å². The van der Waals surface area contributed by atoms with Gasteiger partial charge in [-0.2, -0.15) is 0 Å². The van der Waals surface area contributed by atoms with Gasteiger partial charge in [0.05, 0.1) is 0 Å². The molecule has 0 aliphatic carbocycles. The lowest BCUT2D eigenvalue weighted by Crippen LogP contribution is -2.37. The lowest BCUT2D eigenvalue weighted by atomic mass is 10.1. The number of nitrogens with zero attached hydrogens (tertiary/aromatic N) is 1. The van der Waals surface area contributed by atoms with Gasteiger partial charge in [-0.25, -0.2) is 0 Å². The van der Waals surface area contributed by atoms with Gasteiger partial charge in [-0.05, 0) is 30.5 Å². The summed E-state index contributed by atoms with van der Waals surface area (Å²) in [6, 6.07) is 18.2. The first-order valence-corrected chi connectivity index (χ1v) is 8.66. The third kappa shape index (κ3) is 6.73. The van der Waals surface area contributed by atoms with Crippen molar-refractivity contribution in [2.24, 2.45) is 5.92 Å². The Morgan fingerprint density at radius 1 is 0.958 bits per heavy atom. The van der Waals surface area contributed by atoms with Crippen LogP contribution in [0.1, 0.15) is 25.0 Å². The molecule has 3 nitrogen and oxygen atoms in total. The van der Waals surface area contributed by atoms with Crippen molar-refractivity contribution < 1.29 is 9.84 Å². The minimum atomic E-state index is -0.505. The molecular weight excluding hydrogens is 298 g/mol. The van der Waals surface area contributed by atoms with E-state index >= 15 is 0 Å². The predicted molar refractivity (Wildman–Crippen MR) is 99.2 cm³/mol. The average molecular weight is 327 g/mol. The number of aliphatic hydroxyl groups excluding tert-OH is 1. The molecule has 0 fully saturated rings. The first-order chi connectivity index (χ1) is 11.5. The van der Waals surface area contributed by atoms with Gasteiger partial charge in [-0.15, -0.1) is 0 Å². The third-order valence-corrected chi connectivity index (χ3v) is 3.80. The molecule has 1 atom stereocenters. The number of rotatable bonds is 9. The quantitative estimate of drug-likeness (QED) is 0.758. The van der Waals surface area contributed by atoms with E-state index in [-0.39, 0.29) is 0 Å². The van der Waals surface area contributed by atoms with Crippen LogP contribution in [0.25, 0.3) is 0 Å². The summed E-state index contributed by atoms with van der Waals surface area (Å²) in [4.78, 5) is 2.30. The molecule has 0 aliphatic rings. The molecule has 0 bridgehead atoms. The summed E-state index contributed by atoms with van der Waals surface area (Å²) in [6.45, 7) is 9.23. The van der Waals surface area contributed by atoms with Crippen LogP contribution in [0.5, 0.6) is 5.75 Å². The van der Waals surface area contributed by atoms with E-state index in [0.717, 1.165) is 18.8 Å². The highest BCUT2D eigenvalue weighted by Gasteiger charge is 2.14. The second-order valence-corrected chi connectivity index (χ2v) is 6.85. The van der Waals surface area contributed by atoms with Crippen LogP contribution in [0.4, 0.5) is 0 Å². The largest absolute Gasteiger partial charge is 0.491 e. The first kappa shape index (κ1) is 18.5. The predicted octanol–water partition coefficient (Wildman–Crippen LogP) is 3.89. The Labute approximate surface area is 145 Å². The second-order valence-electron chi connectivity index (χ2n) is 6.85. The van der Waals surface area contributed by atoms with Gasteiger partial charge >= 0.3 is 0 Å². The van der Waals surface area contributed by atoms with Crippen molar-refractivity contribution in [2.75, 3.05) is 19.7 Å². The summed E-state index contributed by atoms with van der Waals surface area (Å²) in [6.07, 6.45) is -0.505. The maximum atomic E-state index is 10.3. The minimum absolute atomic E-state index is 0.312. The van der Waals surface area contributed by atoms with Crippen molar-refractivity contribution in [2.45, 2.75) is 33.4 Å². The van der Waals surface area contributed by atoms with Gasteiger partial charge in [0.1, 0.15) is 18.5 Å². The normalized spacial score (nSPS) is 12.6. The van der Waals surface area contributed by atoms with Crippen LogP contribution in [0.2, 0.25) is 0 Å². The number of ether oxygens (including phenoxy) is 1. The van der Waals surface area contributed by atoms with E-state index in [1.165, 1.54) is 11.1 Å². The van der Waals surface area contributed by atoms with Crippen molar-refractivity contribution in [3.63, 3.8) is 0 Å². The molecule has 0 spiro atoms. The van der Waals surface area contributed by atoms with E-state index in [1.807, 2.05) is 30.3 Å². The molecule has 0 saturated heterocycles. The Balaban J connectivity index is 1.88. The topological polar surface area (TPSA) is 32.7 Å². The molecule has 0 heterocycles. The highest BCUT2D eigenvalue weighted by atomic mass is 16.5. The fraction of sp³-hybridized carbons (Fsp3) is 0.429. The smallest absolute Gasteiger partial charge is 0.119 e. The molecule has 2 rings (SSSR count). The molecule has 0 amide bonds. The zero-order chi connectivity index (χ0) is 17.4. The summed E-state index contributed by atoms with van der Waals surface area (Å²) >= 11 is 0. The molecule has 0 aliphatic heterocycles. The minimum Gasteiger partial charge on any atom is -0.491 e. The van der Waals surface area contributed by atoms with Gasteiger partial charge in [-0.3, -0.25) is 4.90 Å². The number of hydrogen-bond donors (Lipinski definition) is 1. The number of benzene rings is 2. The van der Waals surface area contributed by atoms with Crippen LogP contribution >= 0.6 is 0 Å². The van der Waals surface area contributed by atoms with Crippen LogP contribution in [-0.2, 0) is 6.54 Å². The second kappa shape index (κ2) is 9.45. The molecule has 1 N–H and O–H groups in total. The fourth-order valence-electron chi connectivity index (χ4n) is 2.73. The van der Waals surface area contributed by atoms with Crippen LogP contribution in [0.15, 0.2) is 54.6 Å². The number of para-hydroxylation sites is 1. The fourth-order valence-corrected chi connectivity index (χ4v) is 2.73. The molecule has 0 radical (unpaired) electrons. The van der Waals surface area contributed by atoms with Crippen molar-refractivity contribution in [3.8, 4) is 5.75 Å². The molecule has 2 aromatic carbocycles. The van der Waals surface area contributed by atoms with Crippen LogP contribution in [-0.4, -0.2) is 35.8 Å². The molecule has 3 heteroatoms. The zero-order valence-electron chi connectivity index (χ0n) is 15.0. The first-order valence-electron chi connectivity index (χ1n) is 8.66. The number of hydrogen-bond acceptors (Lipinski definition) is 3. The standard InChI is InChI=1S/C21H29NO2/c1-17(2)13-22(14-19-11-9-18(3)10-12-19)15-20(23)16-24-21-7-5-4-6-8-21/h4-12,17,20,23H,13-16H2,1-3H3. The van der Waals surface area contributed by atoms with E-state index in [4.69, 9.17) is 4.74 Å². The van der Waals surface area contributed by atoms with Crippen molar-refractivity contribution in [1.29, 1.82) is 0 Å². The zero-order valence-corrected chi connectivity index (χ0v) is 15.0. The molecular formula is C21H29NO2. The van der Waals surface area contributed by atoms with Gasteiger partial charge in [-0.1, -0.05) is 61.9 Å². The molecule has 130 valence electrons. The average Bonchev–Trinajstić information content (AvgIpc) is 2.55. The Morgan fingerprint density at radius 3 is 2.25 bits per heavy atom. The highest BCUT2D eigenvalue weighted by molar-refractivity contribution is 5.22. The summed E-state index contributed by atoms with van der Waals surface area (Å²) in [5.41, 5.74) is 2.54. The third-order valence-electron chi connectivity index (χ3n) is 3.80. The van der Waals surface area contributed by atoms with E-state index in [2.05, 4.69) is 49.9 Å². The van der Waals surface area contributed by atoms with Gasteiger partial charge < -0.3 is 9.84 Å². The summed E-state index contributed by atoms with van der Waals surface area (Å²) in [5.74, 6) is 1.35. The van der Waals surface area contributed by atoms with Gasteiger partial charge in [0.2, 0.25) is 0 Å². The summed E-state index contributed by atoms with van der Waals surface area (Å²) in [5, 5.41) is 10.3. The Bertz CT molecular complexity index is 581. The Hall–Kier alpha value is -1.84. The Kier molecular flexibility index (Phi) is 7.29. The maximum absolute atomic E-state index is 10.3. The lowest BCUT2D eigenvalue weighted by molar-refractivity contribution is 0.0615. The van der Waals surface area contributed by atoms with Crippen molar-refractivity contribution in [1.82, 2.24) is 4.90 Å². The SMILES string of the molecule is Cc1ccc(CN(CC(C)C)CC(O)COc2ccccc2)cc1. The molecule has 1 unspecified atom stereocenters. The van der Waals surface area contributed by atoms with E-state index in [9.17, 15) is 5.11 Å². The van der Waals surface area contributed by atoms with Gasteiger partial charge in [0.15, 0.2) is 0 Å². The highest BCUT2D eigenvalue weighted by Crippen LogP contribution is 2.12. The number of aliphatic hydroxyl groups is 1. The molecule has 2 aromatic rings.